The molecule has 4 rings (SSSR count). The molecule has 0 aliphatic rings. The molecule has 0 unspecified atom stereocenters. The number of rotatable bonds is 20. The summed E-state index contributed by atoms with van der Waals surface area (Å²) in [6.45, 7) is 2.86. The molecule has 0 fully saturated rings. The van der Waals surface area contributed by atoms with E-state index in [0.29, 0.717) is 30.5 Å². The second kappa shape index (κ2) is 21.6. The molecule has 19 nitrogen and oxygen atoms in total. The number of urea groups is 1. The van der Waals surface area contributed by atoms with Crippen LogP contribution in [0.4, 0.5) is 10.5 Å². The van der Waals surface area contributed by atoms with Crippen molar-refractivity contribution in [3.63, 3.8) is 0 Å². The summed E-state index contributed by atoms with van der Waals surface area (Å²) in [5, 5.41) is 23.5. The number of aromatic amines is 1. The van der Waals surface area contributed by atoms with Crippen molar-refractivity contribution in [2.75, 3.05) is 6.54 Å². The molecule has 12 N–H and O–H groups in total. The number of benzene rings is 3. The lowest BCUT2D eigenvalue weighted by Crippen LogP contribution is -2.60. The minimum atomic E-state index is -1.29. The Morgan fingerprint density at radius 1 is 0.746 bits per heavy atom. The number of hydrogen-bond donors (Lipinski definition) is 9. The van der Waals surface area contributed by atoms with E-state index >= 15 is 0 Å². The first-order chi connectivity index (χ1) is 28.2. The van der Waals surface area contributed by atoms with Crippen molar-refractivity contribution in [3.8, 4) is 0 Å². The molecule has 1 heterocycles. The lowest BCUT2D eigenvalue weighted by molar-refractivity contribution is -0.384. The second-order valence-corrected chi connectivity index (χ2v) is 14.1. The molecule has 1 aromatic heterocycles. The first kappa shape index (κ1) is 44.8. The number of primary amides is 1. The van der Waals surface area contributed by atoms with Gasteiger partial charge in [0.1, 0.15) is 24.2 Å². The van der Waals surface area contributed by atoms with Crippen molar-refractivity contribution in [1.29, 1.82) is 0 Å². The summed E-state index contributed by atoms with van der Waals surface area (Å²) < 4.78 is 0. The number of nitro groups is 1. The van der Waals surface area contributed by atoms with E-state index in [2.05, 4.69) is 31.7 Å². The van der Waals surface area contributed by atoms with E-state index < -0.39 is 70.7 Å². The predicted octanol–water partition coefficient (Wildman–Crippen LogP) is 0.909. The Labute approximate surface area is 340 Å². The largest absolute Gasteiger partial charge is 0.368 e. The Hall–Kier alpha value is -6.86. The van der Waals surface area contributed by atoms with Gasteiger partial charge in [0.2, 0.25) is 23.6 Å². The Morgan fingerprint density at radius 2 is 1.37 bits per heavy atom. The molecule has 3 aromatic carbocycles. The van der Waals surface area contributed by atoms with Gasteiger partial charge in [-0.05, 0) is 62.4 Å². The number of hydrogen-bond acceptors (Lipinski definition) is 10. The van der Waals surface area contributed by atoms with Gasteiger partial charge < -0.3 is 43.5 Å². The maximum atomic E-state index is 14.1. The SMILES string of the molecule is C[C@H](N)C(=O)N[C@H](Cc1c[nH]c2ccccc12)C(=O)N[C@@H](C)C(=O)NN(Cc1ccc([N+](=O)[O-])cc1)C(=O)N[C@H](Cc1ccccc1)C(=O)N[C@@H](CCCCN)C(N)=O. The van der Waals surface area contributed by atoms with E-state index in [1.807, 2.05) is 24.3 Å². The number of nitro benzene ring substituents is 1. The average molecular weight is 814 g/mol. The normalized spacial score (nSPS) is 13.5. The quantitative estimate of drug-likeness (QED) is 0.0345. The number of nitrogens with one attached hydrogen (secondary N) is 6. The molecule has 5 atom stereocenters. The summed E-state index contributed by atoms with van der Waals surface area (Å²) >= 11 is 0. The number of unbranched alkanes of at least 4 members (excludes halogenated alkanes) is 1. The number of nitrogens with zero attached hydrogens (tertiary/aromatic N) is 2. The van der Waals surface area contributed by atoms with E-state index in [0.717, 1.165) is 21.5 Å². The van der Waals surface area contributed by atoms with Gasteiger partial charge in [0.15, 0.2) is 0 Å². The molecule has 0 saturated carbocycles. The number of carbonyl (C=O) groups is 6. The highest BCUT2D eigenvalue weighted by Crippen LogP contribution is 2.20. The van der Waals surface area contributed by atoms with E-state index in [9.17, 15) is 38.9 Å². The summed E-state index contributed by atoms with van der Waals surface area (Å²) in [5.41, 5.74) is 21.8. The van der Waals surface area contributed by atoms with Gasteiger partial charge in [0.25, 0.3) is 11.6 Å². The Kier molecular flexibility index (Phi) is 16.4. The van der Waals surface area contributed by atoms with Gasteiger partial charge in [-0.2, -0.15) is 0 Å². The molecule has 0 spiro atoms. The van der Waals surface area contributed by atoms with Gasteiger partial charge in [0, 0.05) is 42.1 Å². The third-order valence-corrected chi connectivity index (χ3v) is 9.38. The highest BCUT2D eigenvalue weighted by molar-refractivity contribution is 5.95. The van der Waals surface area contributed by atoms with Crippen LogP contribution in [0.3, 0.4) is 0 Å². The fraction of sp³-hybridized carbons (Fsp3) is 0.350. The van der Waals surface area contributed by atoms with Gasteiger partial charge in [-0.3, -0.25) is 39.5 Å². The van der Waals surface area contributed by atoms with Crippen molar-refractivity contribution in [3.05, 3.63) is 112 Å². The minimum absolute atomic E-state index is 0.0244. The number of non-ortho nitro benzene ring substituents is 1. The number of nitrogens with two attached hydrogens (primary N) is 3. The Balaban J connectivity index is 1.57. The van der Waals surface area contributed by atoms with E-state index in [1.165, 1.54) is 38.1 Å². The van der Waals surface area contributed by atoms with Crippen molar-refractivity contribution in [2.24, 2.45) is 17.2 Å². The van der Waals surface area contributed by atoms with Gasteiger partial charge >= 0.3 is 6.03 Å². The van der Waals surface area contributed by atoms with Gasteiger partial charge in [-0.15, -0.1) is 0 Å². The topological polar surface area (TPSA) is 303 Å². The van der Waals surface area contributed by atoms with Crippen LogP contribution in [0.1, 0.15) is 49.8 Å². The molecule has 0 radical (unpaired) electrons. The van der Waals surface area contributed by atoms with Crippen LogP contribution in [0.15, 0.2) is 85.1 Å². The standard InChI is InChI=1S/C40H51N11O8/c1-24(42)36(53)47-34(21-28-22-44-31-13-7-6-12-30(28)31)38(55)45-25(2)37(54)49-50(23-27-15-17-29(18-16-27)51(58)59)40(57)48-33(20-26-10-4-3-5-11-26)39(56)46-32(35(43)52)14-8-9-19-41/h3-7,10-13,15-18,22,24-25,32-34,44H,8-9,14,19-21,23,41-42H2,1-2H3,(H2,43,52)(H,45,55)(H,46,56)(H,47,53)(H,48,57)(H,49,54)/t24-,25-,32-,33+,34+/m0/s1. The lowest BCUT2D eigenvalue weighted by Gasteiger charge is -2.29. The number of hydrazine groups is 1. The molecule has 19 heteroatoms. The molecule has 7 amide bonds. The fourth-order valence-corrected chi connectivity index (χ4v) is 6.05. The molecule has 59 heavy (non-hydrogen) atoms. The highest BCUT2D eigenvalue weighted by Gasteiger charge is 2.31. The molecular weight excluding hydrogens is 763 g/mol. The van der Waals surface area contributed by atoms with Crippen molar-refractivity contribution >= 4 is 52.2 Å². The van der Waals surface area contributed by atoms with Crippen LogP contribution in [0.25, 0.3) is 10.9 Å². The zero-order valence-electron chi connectivity index (χ0n) is 32.8. The highest BCUT2D eigenvalue weighted by atomic mass is 16.6. The number of fused-ring (bicyclic) bond motifs is 1. The number of carbonyl (C=O) groups excluding carboxylic acids is 6. The van der Waals surface area contributed by atoms with E-state index in [1.54, 1.807) is 36.5 Å². The van der Waals surface area contributed by atoms with Crippen LogP contribution in [-0.4, -0.2) is 87.2 Å². The monoisotopic (exact) mass is 813 g/mol. The van der Waals surface area contributed by atoms with Crippen LogP contribution in [-0.2, 0) is 43.4 Å². The maximum Gasteiger partial charge on any atom is 0.337 e. The summed E-state index contributed by atoms with van der Waals surface area (Å²) in [6, 6.07) is 14.7. The zero-order valence-corrected chi connectivity index (χ0v) is 32.8. The zero-order chi connectivity index (χ0) is 43.1. The summed E-state index contributed by atoms with van der Waals surface area (Å²) in [6.07, 6.45) is 3.05. The van der Waals surface area contributed by atoms with E-state index in [4.69, 9.17) is 17.2 Å². The molecule has 4 aromatic rings. The first-order valence-corrected chi connectivity index (χ1v) is 19.0. The second-order valence-electron chi connectivity index (χ2n) is 14.1. The molecule has 0 bridgehead atoms. The minimum Gasteiger partial charge on any atom is -0.368 e. The summed E-state index contributed by atoms with van der Waals surface area (Å²) in [4.78, 5) is 94.0. The van der Waals surface area contributed by atoms with Crippen LogP contribution < -0.4 is 43.9 Å². The van der Waals surface area contributed by atoms with Crippen LogP contribution in [0.5, 0.6) is 0 Å². The number of aromatic nitrogens is 1. The summed E-state index contributed by atoms with van der Waals surface area (Å²) in [7, 11) is 0. The fourth-order valence-electron chi connectivity index (χ4n) is 6.05. The number of para-hydroxylation sites is 1. The number of amides is 7. The predicted molar refractivity (Wildman–Crippen MR) is 218 cm³/mol. The molecule has 314 valence electrons. The van der Waals surface area contributed by atoms with Gasteiger partial charge in [-0.1, -0.05) is 60.7 Å². The summed E-state index contributed by atoms with van der Waals surface area (Å²) in [5.74, 6) is -3.68. The average Bonchev–Trinajstić information content (AvgIpc) is 3.62. The molecule has 0 saturated heterocycles. The number of H-pyrrole nitrogens is 1. The van der Waals surface area contributed by atoms with Crippen molar-refractivity contribution in [2.45, 2.75) is 82.7 Å². The molecule has 0 aliphatic heterocycles. The smallest absolute Gasteiger partial charge is 0.337 e. The van der Waals surface area contributed by atoms with Crippen LogP contribution in [0, 0.1) is 10.1 Å². The molecule has 0 aliphatic carbocycles. The van der Waals surface area contributed by atoms with Gasteiger partial charge in [-0.25, -0.2) is 9.80 Å². The maximum absolute atomic E-state index is 14.1. The molecular formula is C40H51N11O8. The van der Waals surface area contributed by atoms with Crippen LogP contribution >= 0.6 is 0 Å². The van der Waals surface area contributed by atoms with Crippen molar-refractivity contribution in [1.82, 2.24) is 36.7 Å². The van der Waals surface area contributed by atoms with Gasteiger partial charge in [0.05, 0.1) is 17.5 Å². The van der Waals surface area contributed by atoms with Crippen LogP contribution in [0.2, 0.25) is 0 Å². The first-order valence-electron chi connectivity index (χ1n) is 19.0. The van der Waals surface area contributed by atoms with Crippen molar-refractivity contribution < 1.29 is 33.7 Å². The van der Waals surface area contributed by atoms with E-state index in [-0.39, 0.29) is 31.5 Å². The Bertz CT molecular complexity index is 2090. The Morgan fingerprint density at radius 3 is 2.02 bits per heavy atom. The lowest BCUT2D eigenvalue weighted by atomic mass is 10.0. The third kappa shape index (κ3) is 13.4. The third-order valence-electron chi connectivity index (χ3n) is 9.38.